The monoisotopic (exact) mass is 359 g/mol. The summed E-state index contributed by atoms with van der Waals surface area (Å²) in [6.45, 7) is 0. The summed E-state index contributed by atoms with van der Waals surface area (Å²) in [6, 6.07) is 22.0. The zero-order valence-corrected chi connectivity index (χ0v) is 15.5. The lowest BCUT2D eigenvalue weighted by Gasteiger charge is -2.12. The zero-order chi connectivity index (χ0) is 18.8. The number of nitrogens with one attached hydrogen (secondary N) is 1. The molecule has 2 heterocycles. The number of aromatic nitrogens is 3. The molecular formula is C21H21N5O. The molecule has 27 heavy (non-hydrogen) atoms. The summed E-state index contributed by atoms with van der Waals surface area (Å²) in [5, 5.41) is 7.91. The molecule has 4 aromatic rings. The predicted octanol–water partition coefficient (Wildman–Crippen LogP) is 4.21. The highest BCUT2D eigenvalue weighted by molar-refractivity contribution is 5.66. The van der Waals surface area contributed by atoms with E-state index in [0.717, 1.165) is 34.0 Å². The van der Waals surface area contributed by atoms with Gasteiger partial charge in [0.2, 0.25) is 5.95 Å². The number of ether oxygens (including phenoxy) is 1. The summed E-state index contributed by atoms with van der Waals surface area (Å²) in [5.41, 5.74) is 4.90. The molecule has 2 aromatic heterocycles. The summed E-state index contributed by atoms with van der Waals surface area (Å²) in [7, 11) is 5.70. The Bertz CT molecular complexity index is 1050. The molecule has 0 radical (unpaired) electrons. The second kappa shape index (κ2) is 6.99. The van der Waals surface area contributed by atoms with Crippen LogP contribution in [0.4, 0.5) is 17.3 Å². The lowest BCUT2D eigenvalue weighted by molar-refractivity contribution is 0.415. The molecule has 0 fully saturated rings. The minimum Gasteiger partial charge on any atom is -0.497 e. The third-order valence-electron chi connectivity index (χ3n) is 4.39. The number of rotatable bonds is 5. The number of hydrogen-bond donors (Lipinski definition) is 1. The van der Waals surface area contributed by atoms with E-state index in [1.54, 1.807) is 7.11 Å². The van der Waals surface area contributed by atoms with Crippen LogP contribution in [0, 0.1) is 0 Å². The largest absolute Gasteiger partial charge is 0.497 e. The molecule has 1 N–H and O–H groups in total. The third-order valence-corrected chi connectivity index (χ3v) is 4.39. The van der Waals surface area contributed by atoms with Gasteiger partial charge in [0.1, 0.15) is 5.75 Å². The van der Waals surface area contributed by atoms with Crippen LogP contribution in [-0.4, -0.2) is 35.8 Å². The highest BCUT2D eigenvalue weighted by Crippen LogP contribution is 2.24. The van der Waals surface area contributed by atoms with Gasteiger partial charge in [0, 0.05) is 31.0 Å². The third kappa shape index (κ3) is 3.42. The van der Waals surface area contributed by atoms with Crippen molar-refractivity contribution in [3.63, 3.8) is 0 Å². The van der Waals surface area contributed by atoms with E-state index in [0.29, 0.717) is 5.95 Å². The van der Waals surface area contributed by atoms with Crippen molar-refractivity contribution in [1.29, 1.82) is 0 Å². The van der Waals surface area contributed by atoms with Gasteiger partial charge in [-0.2, -0.15) is 4.98 Å². The molecule has 0 aliphatic heterocycles. The smallest absolute Gasteiger partial charge is 0.247 e. The Morgan fingerprint density at radius 2 is 1.67 bits per heavy atom. The molecule has 0 unspecified atom stereocenters. The van der Waals surface area contributed by atoms with Crippen molar-refractivity contribution >= 4 is 23.0 Å². The van der Waals surface area contributed by atoms with Gasteiger partial charge >= 0.3 is 0 Å². The maximum absolute atomic E-state index is 5.24. The van der Waals surface area contributed by atoms with Crippen molar-refractivity contribution < 1.29 is 4.74 Å². The maximum Gasteiger partial charge on any atom is 0.247 e. The average Bonchev–Trinajstić information content (AvgIpc) is 3.11. The Morgan fingerprint density at radius 3 is 2.33 bits per heavy atom. The van der Waals surface area contributed by atoms with E-state index in [2.05, 4.69) is 32.4 Å². The Kier molecular flexibility index (Phi) is 4.38. The Balaban J connectivity index is 1.65. The van der Waals surface area contributed by atoms with E-state index < -0.39 is 0 Å². The fourth-order valence-electron chi connectivity index (χ4n) is 2.91. The van der Waals surface area contributed by atoms with Crippen molar-refractivity contribution in [2.24, 2.45) is 0 Å². The number of hydrogen-bond acceptors (Lipinski definition) is 5. The standard InChI is InChI=1S/C21H21N5O/c1-25(2)17-11-9-16(10-12-17)22-21-23-20-6-4-5-19(26(20)24-21)15-7-13-18(27-3)14-8-15/h4-14H,1-3H3,(H,22,24). The Morgan fingerprint density at radius 1 is 0.926 bits per heavy atom. The average molecular weight is 359 g/mol. The molecule has 6 heteroatoms. The molecule has 0 atom stereocenters. The number of nitrogens with zero attached hydrogens (tertiary/aromatic N) is 4. The summed E-state index contributed by atoms with van der Waals surface area (Å²) in [4.78, 5) is 6.65. The Hall–Kier alpha value is -3.54. The van der Waals surface area contributed by atoms with E-state index in [4.69, 9.17) is 4.74 Å². The van der Waals surface area contributed by atoms with Crippen LogP contribution in [0.3, 0.4) is 0 Å². The van der Waals surface area contributed by atoms with Gasteiger partial charge < -0.3 is 15.0 Å². The van der Waals surface area contributed by atoms with E-state index in [1.165, 1.54) is 0 Å². The second-order valence-corrected chi connectivity index (χ2v) is 6.41. The van der Waals surface area contributed by atoms with Crippen LogP contribution in [0.15, 0.2) is 66.7 Å². The molecule has 2 aromatic carbocycles. The van der Waals surface area contributed by atoms with Crippen molar-refractivity contribution in [3.05, 3.63) is 66.7 Å². The molecule has 0 spiro atoms. The summed E-state index contributed by atoms with van der Waals surface area (Å²) in [6.07, 6.45) is 0. The van der Waals surface area contributed by atoms with Crippen LogP contribution in [0.5, 0.6) is 5.75 Å². The van der Waals surface area contributed by atoms with Gasteiger partial charge in [-0.3, -0.25) is 0 Å². The van der Waals surface area contributed by atoms with E-state index in [9.17, 15) is 0 Å². The van der Waals surface area contributed by atoms with E-state index >= 15 is 0 Å². The lowest BCUT2D eigenvalue weighted by atomic mass is 10.1. The van der Waals surface area contributed by atoms with Gasteiger partial charge in [-0.1, -0.05) is 6.07 Å². The summed E-state index contributed by atoms with van der Waals surface area (Å²) < 4.78 is 7.08. The Labute approximate surface area is 158 Å². The number of methoxy groups -OCH3 is 1. The van der Waals surface area contributed by atoms with Crippen molar-refractivity contribution in [3.8, 4) is 17.0 Å². The minimum absolute atomic E-state index is 0.563. The topological polar surface area (TPSA) is 54.7 Å². The van der Waals surface area contributed by atoms with Gasteiger partial charge in [-0.15, -0.1) is 5.10 Å². The highest BCUT2D eigenvalue weighted by Gasteiger charge is 2.09. The molecule has 136 valence electrons. The van der Waals surface area contributed by atoms with Crippen LogP contribution in [0.1, 0.15) is 0 Å². The van der Waals surface area contributed by atoms with Crippen molar-refractivity contribution in [2.75, 3.05) is 31.4 Å². The van der Waals surface area contributed by atoms with E-state index in [1.807, 2.05) is 73.2 Å². The molecule has 0 bridgehead atoms. The van der Waals surface area contributed by atoms with Crippen molar-refractivity contribution in [1.82, 2.24) is 14.6 Å². The van der Waals surface area contributed by atoms with Gasteiger partial charge in [-0.05, 0) is 60.7 Å². The van der Waals surface area contributed by atoms with Gasteiger partial charge in [0.05, 0.1) is 12.8 Å². The molecule has 4 rings (SSSR count). The molecular weight excluding hydrogens is 338 g/mol. The van der Waals surface area contributed by atoms with E-state index in [-0.39, 0.29) is 0 Å². The number of pyridine rings is 1. The molecule has 0 saturated heterocycles. The van der Waals surface area contributed by atoms with Gasteiger partial charge in [0.25, 0.3) is 0 Å². The number of fused-ring (bicyclic) bond motifs is 1. The van der Waals surface area contributed by atoms with Crippen LogP contribution in [0.2, 0.25) is 0 Å². The number of anilines is 3. The maximum atomic E-state index is 5.24. The fraction of sp³-hybridized carbons (Fsp3) is 0.143. The first kappa shape index (κ1) is 16.9. The second-order valence-electron chi connectivity index (χ2n) is 6.41. The predicted molar refractivity (Wildman–Crippen MR) is 109 cm³/mol. The minimum atomic E-state index is 0.563. The SMILES string of the molecule is COc1ccc(-c2cccc3nc(Nc4ccc(N(C)C)cc4)nn23)cc1. The van der Waals surface area contributed by atoms with Crippen molar-refractivity contribution in [2.45, 2.75) is 0 Å². The first-order valence-corrected chi connectivity index (χ1v) is 8.69. The van der Waals surface area contributed by atoms with Crippen LogP contribution in [0.25, 0.3) is 16.9 Å². The van der Waals surface area contributed by atoms with Crippen LogP contribution in [-0.2, 0) is 0 Å². The van der Waals surface area contributed by atoms with Crippen LogP contribution < -0.4 is 15.0 Å². The molecule has 0 aliphatic carbocycles. The zero-order valence-electron chi connectivity index (χ0n) is 15.5. The number of benzene rings is 2. The first-order valence-electron chi connectivity index (χ1n) is 8.69. The van der Waals surface area contributed by atoms with Gasteiger partial charge in [0.15, 0.2) is 5.65 Å². The molecule has 0 aliphatic rings. The summed E-state index contributed by atoms with van der Waals surface area (Å²) >= 11 is 0. The quantitative estimate of drug-likeness (QED) is 0.578. The molecule has 6 nitrogen and oxygen atoms in total. The highest BCUT2D eigenvalue weighted by atomic mass is 16.5. The first-order chi connectivity index (χ1) is 13.1. The van der Waals surface area contributed by atoms with Crippen LogP contribution >= 0.6 is 0 Å². The fourth-order valence-corrected chi connectivity index (χ4v) is 2.91. The molecule has 0 amide bonds. The van der Waals surface area contributed by atoms with Gasteiger partial charge in [-0.25, -0.2) is 4.52 Å². The molecule has 0 saturated carbocycles. The summed E-state index contributed by atoms with van der Waals surface area (Å²) in [5.74, 6) is 1.39. The lowest BCUT2D eigenvalue weighted by Crippen LogP contribution is -2.08. The normalized spacial score (nSPS) is 10.8.